The Morgan fingerprint density at radius 3 is 2.82 bits per heavy atom. The second kappa shape index (κ2) is 5.25. The lowest BCUT2D eigenvalue weighted by atomic mass is 9.86. The molecule has 0 aliphatic heterocycles. The van der Waals surface area contributed by atoms with Crippen molar-refractivity contribution in [3.8, 4) is 0 Å². The molecule has 1 fully saturated rings. The molecule has 2 atom stereocenters. The monoisotopic (exact) mass is 297 g/mol. The highest BCUT2D eigenvalue weighted by molar-refractivity contribution is 9.10. The zero-order valence-corrected chi connectivity index (χ0v) is 12.0. The van der Waals surface area contributed by atoms with Gasteiger partial charge in [-0.2, -0.15) is 0 Å². The second-order valence-corrected chi connectivity index (χ2v) is 5.81. The van der Waals surface area contributed by atoms with Crippen molar-refractivity contribution < 1.29 is 0 Å². The Hall–Kier alpha value is -0.770. The van der Waals surface area contributed by atoms with Gasteiger partial charge in [-0.15, -0.1) is 0 Å². The highest BCUT2D eigenvalue weighted by atomic mass is 79.9. The quantitative estimate of drug-likeness (QED) is 0.874. The molecule has 3 N–H and O–H groups in total. The number of nitrogens with two attached hydrogens (primary N) is 1. The van der Waals surface area contributed by atoms with E-state index in [0.717, 1.165) is 27.5 Å². The van der Waals surface area contributed by atoms with Gasteiger partial charge >= 0.3 is 0 Å². The molecular weight excluding hydrogens is 278 g/mol. The van der Waals surface area contributed by atoms with Crippen molar-refractivity contribution in [1.82, 2.24) is 4.98 Å². The van der Waals surface area contributed by atoms with Gasteiger partial charge in [-0.3, -0.25) is 0 Å². The first kappa shape index (κ1) is 12.7. The lowest BCUT2D eigenvalue weighted by Gasteiger charge is -2.30. The third-order valence-corrected chi connectivity index (χ3v) is 4.71. The fourth-order valence-electron chi connectivity index (χ4n) is 2.40. The Morgan fingerprint density at radius 2 is 2.12 bits per heavy atom. The minimum absolute atomic E-state index is 0.538. The second-order valence-electron chi connectivity index (χ2n) is 5.01. The average molecular weight is 298 g/mol. The topological polar surface area (TPSA) is 50.9 Å². The third kappa shape index (κ3) is 2.73. The van der Waals surface area contributed by atoms with Gasteiger partial charge in [0.2, 0.25) is 0 Å². The van der Waals surface area contributed by atoms with Crippen LogP contribution in [0, 0.1) is 12.8 Å². The van der Waals surface area contributed by atoms with Gasteiger partial charge in [-0.25, -0.2) is 4.98 Å². The summed E-state index contributed by atoms with van der Waals surface area (Å²) in [6, 6.07) is 0.538. The number of anilines is 2. The lowest BCUT2D eigenvalue weighted by Crippen LogP contribution is -2.30. The summed E-state index contributed by atoms with van der Waals surface area (Å²) >= 11 is 3.57. The number of nitrogens with zero attached hydrogens (tertiary/aromatic N) is 1. The smallest absolute Gasteiger partial charge is 0.140 e. The van der Waals surface area contributed by atoms with Crippen LogP contribution in [-0.2, 0) is 0 Å². The normalized spacial score (nSPS) is 24.6. The van der Waals surface area contributed by atoms with Crippen LogP contribution >= 0.6 is 15.9 Å². The maximum Gasteiger partial charge on any atom is 0.140 e. The molecule has 1 saturated carbocycles. The van der Waals surface area contributed by atoms with Crippen molar-refractivity contribution in [3.63, 3.8) is 0 Å². The molecule has 0 saturated heterocycles. The molecule has 0 spiro atoms. The van der Waals surface area contributed by atoms with E-state index < -0.39 is 0 Å². The predicted molar refractivity (Wildman–Crippen MR) is 76.1 cm³/mol. The van der Waals surface area contributed by atoms with Crippen LogP contribution in [0.3, 0.4) is 0 Å². The van der Waals surface area contributed by atoms with Crippen molar-refractivity contribution in [1.29, 1.82) is 0 Å². The number of pyridine rings is 1. The molecule has 2 unspecified atom stereocenters. The van der Waals surface area contributed by atoms with Crippen molar-refractivity contribution in [2.24, 2.45) is 5.92 Å². The molecule has 1 heterocycles. The highest BCUT2D eigenvalue weighted by Gasteiger charge is 2.22. The van der Waals surface area contributed by atoms with Gasteiger partial charge < -0.3 is 11.1 Å². The van der Waals surface area contributed by atoms with Gasteiger partial charge in [0.1, 0.15) is 5.82 Å². The van der Waals surface area contributed by atoms with Crippen LogP contribution in [0.2, 0.25) is 0 Å². The van der Waals surface area contributed by atoms with Crippen LogP contribution in [0.5, 0.6) is 0 Å². The molecule has 0 bridgehead atoms. The van der Waals surface area contributed by atoms with E-state index in [2.05, 4.69) is 33.2 Å². The van der Waals surface area contributed by atoms with E-state index in [1.807, 2.05) is 6.92 Å². The molecule has 94 valence electrons. The van der Waals surface area contributed by atoms with Crippen LogP contribution < -0.4 is 11.1 Å². The number of nitrogen functional groups attached to an aromatic ring is 1. The zero-order chi connectivity index (χ0) is 12.4. The van der Waals surface area contributed by atoms with E-state index in [0.29, 0.717) is 6.04 Å². The van der Waals surface area contributed by atoms with Crippen LogP contribution in [0.25, 0.3) is 0 Å². The van der Waals surface area contributed by atoms with E-state index in [1.54, 1.807) is 6.20 Å². The summed E-state index contributed by atoms with van der Waals surface area (Å²) in [6.07, 6.45) is 6.94. The molecule has 1 aromatic heterocycles. The third-order valence-electron chi connectivity index (χ3n) is 3.74. The number of hydrogen-bond acceptors (Lipinski definition) is 3. The summed E-state index contributed by atoms with van der Waals surface area (Å²) < 4.78 is 0.996. The predicted octanol–water partition coefficient (Wildman–Crippen LogP) is 3.73. The minimum atomic E-state index is 0.538. The molecule has 0 aromatic carbocycles. The van der Waals surface area contributed by atoms with Gasteiger partial charge in [0.25, 0.3) is 0 Å². The Kier molecular flexibility index (Phi) is 3.92. The van der Waals surface area contributed by atoms with Crippen LogP contribution in [0.1, 0.15) is 38.2 Å². The standard InChI is InChI=1S/C13H20BrN3/c1-8-5-3-4-6-11(8)17-13-12(14)9(2)10(15)7-16-13/h7-8,11H,3-6,15H2,1-2H3,(H,16,17). The SMILES string of the molecule is Cc1c(N)cnc(NC2CCCCC2C)c1Br. The van der Waals surface area contributed by atoms with Gasteiger partial charge in [-0.1, -0.05) is 19.8 Å². The number of aromatic nitrogens is 1. The van der Waals surface area contributed by atoms with E-state index in [-0.39, 0.29) is 0 Å². The van der Waals surface area contributed by atoms with Crippen LogP contribution in [-0.4, -0.2) is 11.0 Å². The largest absolute Gasteiger partial charge is 0.397 e. The molecular formula is C13H20BrN3. The summed E-state index contributed by atoms with van der Waals surface area (Å²) in [4.78, 5) is 4.38. The van der Waals surface area contributed by atoms with E-state index >= 15 is 0 Å². The molecule has 3 nitrogen and oxygen atoms in total. The van der Waals surface area contributed by atoms with E-state index in [9.17, 15) is 0 Å². The van der Waals surface area contributed by atoms with Gasteiger partial charge in [0, 0.05) is 6.04 Å². The number of halogens is 1. The number of nitrogens with one attached hydrogen (secondary N) is 1. The Balaban J connectivity index is 2.15. The Bertz CT molecular complexity index is 406. The fraction of sp³-hybridized carbons (Fsp3) is 0.615. The zero-order valence-electron chi connectivity index (χ0n) is 10.5. The molecule has 1 aliphatic rings. The Labute approximate surface area is 111 Å². The molecule has 4 heteroatoms. The van der Waals surface area contributed by atoms with E-state index in [1.165, 1.54) is 25.7 Å². The summed E-state index contributed by atoms with van der Waals surface area (Å²) in [5, 5.41) is 3.55. The molecule has 1 aliphatic carbocycles. The van der Waals surface area contributed by atoms with Gasteiger partial charge in [0.05, 0.1) is 16.4 Å². The number of rotatable bonds is 2. The lowest BCUT2D eigenvalue weighted by molar-refractivity contribution is 0.349. The molecule has 17 heavy (non-hydrogen) atoms. The molecule has 2 rings (SSSR count). The van der Waals surface area contributed by atoms with Crippen molar-refractivity contribution in [3.05, 3.63) is 16.2 Å². The van der Waals surface area contributed by atoms with Gasteiger partial charge in [0.15, 0.2) is 0 Å². The molecule has 0 radical (unpaired) electrons. The van der Waals surface area contributed by atoms with Gasteiger partial charge in [-0.05, 0) is 47.2 Å². The highest BCUT2D eigenvalue weighted by Crippen LogP contribution is 2.31. The fourth-order valence-corrected chi connectivity index (χ4v) is 2.84. The average Bonchev–Trinajstić information content (AvgIpc) is 2.32. The van der Waals surface area contributed by atoms with Crippen molar-refractivity contribution in [2.75, 3.05) is 11.1 Å². The van der Waals surface area contributed by atoms with Crippen LogP contribution in [0.15, 0.2) is 10.7 Å². The summed E-state index contributed by atoms with van der Waals surface area (Å²) in [5.41, 5.74) is 7.63. The first-order valence-electron chi connectivity index (χ1n) is 6.26. The van der Waals surface area contributed by atoms with E-state index in [4.69, 9.17) is 5.73 Å². The first-order valence-corrected chi connectivity index (χ1v) is 7.06. The number of hydrogen-bond donors (Lipinski definition) is 2. The van der Waals surface area contributed by atoms with Crippen molar-refractivity contribution in [2.45, 2.75) is 45.6 Å². The summed E-state index contributed by atoms with van der Waals surface area (Å²) in [6.45, 7) is 4.32. The minimum Gasteiger partial charge on any atom is -0.397 e. The van der Waals surface area contributed by atoms with Crippen molar-refractivity contribution >= 4 is 27.4 Å². The Morgan fingerprint density at radius 1 is 1.41 bits per heavy atom. The molecule has 1 aromatic rings. The summed E-state index contributed by atoms with van der Waals surface area (Å²) in [7, 11) is 0. The molecule has 0 amide bonds. The maximum atomic E-state index is 5.83. The van der Waals surface area contributed by atoms with Crippen LogP contribution in [0.4, 0.5) is 11.5 Å². The first-order chi connectivity index (χ1) is 8.09. The maximum absolute atomic E-state index is 5.83. The summed E-state index contributed by atoms with van der Waals surface area (Å²) in [5.74, 6) is 1.64.